The number of hydrogen-bond donors (Lipinski definition) is 1. The number of nitrogens with one attached hydrogen (secondary N) is 1. The second-order valence-corrected chi connectivity index (χ2v) is 13.2. The van der Waals surface area contributed by atoms with Gasteiger partial charge in [0.05, 0.1) is 12.1 Å². The molecule has 1 N–H and O–H groups in total. The molecular formula is C33H40N6O4SU. The average molecular weight is 855 g/mol. The Hall–Kier alpha value is -2.78. The first-order chi connectivity index (χ1) is 21.1. The van der Waals surface area contributed by atoms with Gasteiger partial charge in [0.15, 0.2) is 0 Å². The molecule has 4 aromatic rings. The van der Waals surface area contributed by atoms with Crippen molar-refractivity contribution < 1.29 is 49.1 Å². The van der Waals surface area contributed by atoms with Crippen LogP contribution >= 0.6 is 0 Å². The van der Waals surface area contributed by atoms with E-state index in [4.69, 9.17) is 4.74 Å². The molecule has 0 fully saturated rings. The molecule has 5 rings (SSSR count). The van der Waals surface area contributed by atoms with Gasteiger partial charge in [0.1, 0.15) is 16.5 Å². The van der Waals surface area contributed by atoms with E-state index in [1.807, 2.05) is 62.7 Å². The van der Waals surface area contributed by atoms with Crippen molar-refractivity contribution in [3.05, 3.63) is 90.3 Å². The van der Waals surface area contributed by atoms with Crippen LogP contribution < -0.4 is 10.1 Å². The Morgan fingerprint density at radius 1 is 1.18 bits per heavy atom. The summed E-state index contributed by atoms with van der Waals surface area (Å²) in [6.07, 6.45) is 2.48. The average Bonchev–Trinajstić information content (AvgIpc) is 3.40. The molecule has 1 aliphatic rings. The Morgan fingerprint density at radius 3 is 2.67 bits per heavy atom. The number of sulfonamides is 1. The van der Waals surface area contributed by atoms with Crippen LogP contribution in [0.1, 0.15) is 66.8 Å². The molecule has 236 valence electrons. The van der Waals surface area contributed by atoms with Crippen molar-refractivity contribution in [3.63, 3.8) is 0 Å². The third-order valence-electron chi connectivity index (χ3n) is 8.38. The predicted octanol–water partition coefficient (Wildman–Crippen LogP) is 4.89. The fourth-order valence-corrected chi connectivity index (χ4v) is 7.22. The molecule has 0 saturated heterocycles. The van der Waals surface area contributed by atoms with E-state index in [0.29, 0.717) is 19.4 Å². The Kier molecular flexibility index (Phi) is 11.5. The molecular weight excluding hydrogens is 814 g/mol. The van der Waals surface area contributed by atoms with Gasteiger partial charge in [-0.05, 0) is 73.2 Å². The zero-order chi connectivity index (χ0) is 31.6. The number of hydrogen-bond acceptors (Lipinski definition) is 7. The van der Waals surface area contributed by atoms with Gasteiger partial charge in [0.25, 0.3) is 0 Å². The molecule has 0 radical (unpaired) electrons. The van der Waals surface area contributed by atoms with Crippen LogP contribution in [0.2, 0.25) is 0 Å². The van der Waals surface area contributed by atoms with Crippen molar-refractivity contribution in [1.82, 2.24) is 29.6 Å². The second kappa shape index (κ2) is 14.8. The zero-order valence-electron chi connectivity index (χ0n) is 26.3. The first-order valence-electron chi connectivity index (χ1n) is 15.0. The van der Waals surface area contributed by atoms with E-state index in [-0.39, 0.29) is 85.4 Å². The van der Waals surface area contributed by atoms with Crippen LogP contribution in [0.15, 0.2) is 53.6 Å². The SMILES string of the molecule is [CH2-]CC([CH2-])NC(=O)C[C@@H](c1ccc(C)c(CN2C[C@@H](CC)Oc3ncccc3S2(=O)=O)c1)c1ccc2c(nnn2CC)c1C.[U+2]. The summed E-state index contributed by atoms with van der Waals surface area (Å²) in [4.78, 5) is 17.5. The van der Waals surface area contributed by atoms with E-state index in [1.54, 1.807) is 6.07 Å². The smallest absolute Gasteiger partial charge is 0.472 e. The zero-order valence-corrected chi connectivity index (χ0v) is 31.3. The molecule has 10 nitrogen and oxygen atoms in total. The van der Waals surface area contributed by atoms with Gasteiger partial charge >= 0.3 is 31.1 Å². The summed E-state index contributed by atoms with van der Waals surface area (Å²) in [6.45, 7) is 16.8. The van der Waals surface area contributed by atoms with Crippen LogP contribution in [-0.4, -0.2) is 57.3 Å². The molecule has 0 saturated carbocycles. The topological polar surface area (TPSA) is 119 Å². The van der Waals surface area contributed by atoms with Crippen molar-refractivity contribution in [2.75, 3.05) is 6.54 Å². The van der Waals surface area contributed by atoms with Gasteiger partial charge < -0.3 is 23.9 Å². The number of pyridine rings is 1. The minimum atomic E-state index is -3.88. The number of nitrogens with zero attached hydrogens (tertiary/aromatic N) is 5. The van der Waals surface area contributed by atoms with Crippen LogP contribution in [0.4, 0.5) is 0 Å². The maximum Gasteiger partial charge on any atom is 2.00 e. The number of ether oxygens (including phenoxy) is 1. The van der Waals surface area contributed by atoms with Gasteiger partial charge in [-0.2, -0.15) is 10.7 Å². The molecule has 1 aliphatic heterocycles. The second-order valence-electron chi connectivity index (χ2n) is 11.3. The fraction of sp³-hybridized carbons (Fsp3) is 0.394. The summed E-state index contributed by atoms with van der Waals surface area (Å²) in [6, 6.07) is 12.9. The molecule has 1 amide bonds. The number of amides is 1. The molecule has 0 bridgehead atoms. The van der Waals surface area contributed by atoms with Gasteiger partial charge in [0.2, 0.25) is 21.8 Å². The van der Waals surface area contributed by atoms with E-state index in [9.17, 15) is 13.2 Å². The first kappa shape index (κ1) is 35.1. The summed E-state index contributed by atoms with van der Waals surface area (Å²) in [7, 11) is -3.88. The van der Waals surface area contributed by atoms with Gasteiger partial charge in [-0.3, -0.25) is 4.79 Å². The molecule has 3 atom stereocenters. The third-order valence-corrected chi connectivity index (χ3v) is 10.2. The van der Waals surface area contributed by atoms with Crippen molar-refractivity contribution in [1.29, 1.82) is 0 Å². The third kappa shape index (κ3) is 7.30. The molecule has 12 heteroatoms. The van der Waals surface area contributed by atoms with Gasteiger partial charge in [-0.15, -0.1) is 11.1 Å². The van der Waals surface area contributed by atoms with E-state index in [1.165, 1.54) is 16.6 Å². The van der Waals surface area contributed by atoms with Gasteiger partial charge in [-0.1, -0.05) is 36.4 Å². The normalized spacial score (nSPS) is 17.4. The van der Waals surface area contributed by atoms with Crippen LogP contribution in [0.25, 0.3) is 11.0 Å². The summed E-state index contributed by atoms with van der Waals surface area (Å²) in [5.41, 5.74) is 6.34. The Balaban J connectivity index is 0.00000461. The molecule has 2 aromatic heterocycles. The number of carbonyl (C=O) groups excluding carboxylic acids is 1. The first-order valence-corrected chi connectivity index (χ1v) is 16.5. The molecule has 45 heavy (non-hydrogen) atoms. The summed E-state index contributed by atoms with van der Waals surface area (Å²) in [5.74, 6) is -0.324. The molecule has 0 aliphatic carbocycles. The van der Waals surface area contributed by atoms with Gasteiger partial charge in [-0.25, -0.2) is 18.1 Å². The minimum absolute atomic E-state index is 0. The quantitative estimate of drug-likeness (QED) is 0.226. The van der Waals surface area contributed by atoms with Crippen molar-refractivity contribution >= 4 is 27.0 Å². The van der Waals surface area contributed by atoms with Crippen molar-refractivity contribution in [3.8, 4) is 5.88 Å². The molecule has 0 spiro atoms. The maximum absolute atomic E-state index is 13.8. The Morgan fingerprint density at radius 2 is 1.96 bits per heavy atom. The summed E-state index contributed by atoms with van der Waals surface area (Å²) in [5, 5.41) is 11.7. The number of benzene rings is 2. The van der Waals surface area contributed by atoms with Crippen LogP contribution in [0.3, 0.4) is 0 Å². The predicted molar refractivity (Wildman–Crippen MR) is 169 cm³/mol. The summed E-state index contributed by atoms with van der Waals surface area (Å²) >= 11 is 0. The number of carbonyl (C=O) groups is 1. The van der Waals surface area contributed by atoms with E-state index < -0.39 is 10.0 Å². The monoisotopic (exact) mass is 854 g/mol. The van der Waals surface area contributed by atoms with Crippen LogP contribution in [0, 0.1) is 58.8 Å². The number of aromatic nitrogens is 4. The standard InChI is InChI=1S/C33H40N6O4S.U/c1-7-22(5)35-31(40)18-28(27-14-15-29-32(23(27)6)36-37-39(29)9-3)24-13-12-21(4)25(17-24)19-38-20-26(8-2)43-33-30(44(38,41)42)11-10-16-34-33;/h10-17,22,26,28H,1,5,7-9,18-20H2,2-4,6H3,(H,35,40);/q-2;+2/t22?,26-,28+;/m1./s1. The molecule has 2 aromatic carbocycles. The Bertz CT molecular complexity index is 1780. The van der Waals surface area contributed by atoms with Crippen molar-refractivity contribution in [2.24, 2.45) is 0 Å². The van der Waals surface area contributed by atoms with E-state index >= 15 is 0 Å². The summed E-state index contributed by atoms with van der Waals surface area (Å²) < 4.78 is 37.0. The number of aryl methyl sites for hydroxylation is 3. The Labute approximate surface area is 289 Å². The molecule has 3 heterocycles. The minimum Gasteiger partial charge on any atom is -0.472 e. The maximum atomic E-state index is 13.8. The fourth-order valence-electron chi connectivity index (χ4n) is 5.70. The number of rotatable bonds is 10. The number of fused-ring (bicyclic) bond motifs is 2. The largest absolute Gasteiger partial charge is 2.00 e. The molecule has 1 unspecified atom stereocenters. The van der Waals surface area contributed by atoms with Gasteiger partial charge in [0, 0.05) is 31.6 Å². The van der Waals surface area contributed by atoms with Crippen molar-refractivity contribution in [2.45, 2.75) is 83.0 Å². The van der Waals surface area contributed by atoms with E-state index in [2.05, 4.69) is 34.5 Å². The van der Waals surface area contributed by atoms with Crippen LogP contribution in [-0.2, 0) is 27.9 Å². The van der Waals surface area contributed by atoms with Crippen LogP contribution in [0.5, 0.6) is 5.88 Å². The van der Waals surface area contributed by atoms with E-state index in [0.717, 1.165) is 38.9 Å².